The van der Waals surface area contributed by atoms with Crippen LogP contribution in [0.4, 0.5) is 0 Å². The lowest BCUT2D eigenvalue weighted by molar-refractivity contribution is 0.409. The number of amidine groups is 1. The second-order valence-electron chi connectivity index (χ2n) is 15.2. The highest BCUT2D eigenvalue weighted by Gasteiger charge is 2.26. The van der Waals surface area contributed by atoms with E-state index in [-0.39, 0.29) is 12.3 Å². The number of nitrogens with one attached hydrogen (secondary N) is 2. The zero-order chi connectivity index (χ0) is 38.4. The first-order valence-electron chi connectivity index (χ1n) is 20.0. The molecule has 0 radical (unpaired) electrons. The Labute approximate surface area is 338 Å². The molecule has 2 unspecified atom stereocenters. The number of hydrogen-bond acceptors (Lipinski definition) is 3. The normalized spacial score (nSPS) is 15.4. The summed E-state index contributed by atoms with van der Waals surface area (Å²) in [6.45, 7) is 0. The Morgan fingerprint density at radius 2 is 0.793 bits per heavy atom. The maximum Gasteiger partial charge on any atom is 0.131 e. The number of hydrogen-bond donors (Lipinski definition) is 2. The molecule has 0 aromatic heterocycles. The van der Waals surface area contributed by atoms with E-state index < -0.39 is 0 Å². The van der Waals surface area contributed by atoms with E-state index in [9.17, 15) is 0 Å². The van der Waals surface area contributed by atoms with Gasteiger partial charge in [-0.25, -0.2) is 4.99 Å². The average molecular weight is 742 g/mol. The fraction of sp³-hybridized carbons (Fsp3) is 0.0364. The number of rotatable bonds is 6. The van der Waals surface area contributed by atoms with Crippen LogP contribution >= 0.6 is 0 Å². The first-order valence-corrected chi connectivity index (χ1v) is 20.0. The molecule has 1 aliphatic rings. The lowest BCUT2D eigenvalue weighted by Gasteiger charge is -2.32. The minimum atomic E-state index is -0.267. The van der Waals surface area contributed by atoms with Crippen molar-refractivity contribution in [2.75, 3.05) is 0 Å². The molecular weight excluding hydrogens is 703 g/mol. The minimum absolute atomic E-state index is 0.155. The third-order valence-corrected chi connectivity index (χ3v) is 11.7. The van der Waals surface area contributed by atoms with Gasteiger partial charge in [0.15, 0.2) is 0 Å². The monoisotopic (exact) mass is 741 g/mol. The smallest absolute Gasteiger partial charge is 0.131 e. The second kappa shape index (κ2) is 14.3. The topological polar surface area (TPSA) is 36.4 Å². The van der Waals surface area contributed by atoms with Crippen LogP contribution in [0.15, 0.2) is 217 Å². The van der Waals surface area contributed by atoms with Gasteiger partial charge in [0.05, 0.1) is 0 Å². The van der Waals surface area contributed by atoms with E-state index in [1.165, 1.54) is 59.8 Å². The molecular formula is C55H39N3. The Morgan fingerprint density at radius 3 is 1.45 bits per heavy atom. The number of fused-ring (bicyclic) bond motifs is 8. The molecule has 0 bridgehead atoms. The molecule has 0 amide bonds. The van der Waals surface area contributed by atoms with Crippen LogP contribution in [0.2, 0.25) is 0 Å². The van der Waals surface area contributed by atoms with Crippen molar-refractivity contribution < 1.29 is 0 Å². The zero-order valence-electron chi connectivity index (χ0n) is 31.8. The van der Waals surface area contributed by atoms with Crippen LogP contribution < -0.4 is 10.6 Å². The van der Waals surface area contributed by atoms with Gasteiger partial charge in [-0.1, -0.05) is 188 Å². The Hall–Kier alpha value is -7.33. The third-order valence-electron chi connectivity index (χ3n) is 11.7. The van der Waals surface area contributed by atoms with E-state index in [0.717, 1.165) is 39.2 Å². The van der Waals surface area contributed by atoms with Crippen molar-refractivity contribution in [1.29, 1.82) is 0 Å². The fourth-order valence-electron chi connectivity index (χ4n) is 8.90. The van der Waals surface area contributed by atoms with Crippen molar-refractivity contribution in [3.05, 3.63) is 229 Å². The fourth-order valence-corrected chi connectivity index (χ4v) is 8.90. The van der Waals surface area contributed by atoms with Gasteiger partial charge in [-0.15, -0.1) is 0 Å². The molecule has 0 aliphatic carbocycles. The van der Waals surface area contributed by atoms with E-state index in [2.05, 4.69) is 223 Å². The van der Waals surface area contributed by atoms with Crippen LogP contribution in [0.25, 0.3) is 76.5 Å². The summed E-state index contributed by atoms with van der Waals surface area (Å²) >= 11 is 0. The van der Waals surface area contributed by atoms with Crippen molar-refractivity contribution in [1.82, 2.24) is 10.6 Å². The van der Waals surface area contributed by atoms with Gasteiger partial charge in [0.1, 0.15) is 18.2 Å². The average Bonchev–Trinajstić information content (AvgIpc) is 3.32. The van der Waals surface area contributed by atoms with Crippen LogP contribution in [0.5, 0.6) is 0 Å². The molecule has 3 heteroatoms. The molecule has 0 spiro atoms. The summed E-state index contributed by atoms with van der Waals surface area (Å²) in [6, 6.07) is 76.7. The summed E-state index contributed by atoms with van der Waals surface area (Å²) in [5, 5.41) is 17.8. The van der Waals surface area contributed by atoms with Crippen LogP contribution in [0.3, 0.4) is 0 Å². The molecule has 3 nitrogen and oxygen atoms in total. The molecule has 0 fully saturated rings. The highest BCUT2D eigenvalue weighted by atomic mass is 15.3. The van der Waals surface area contributed by atoms with Crippen LogP contribution in [0, 0.1) is 0 Å². The van der Waals surface area contributed by atoms with Gasteiger partial charge >= 0.3 is 0 Å². The maximum atomic E-state index is 5.45. The quantitative estimate of drug-likeness (QED) is 0.167. The van der Waals surface area contributed by atoms with E-state index >= 15 is 0 Å². The van der Waals surface area contributed by atoms with Crippen molar-refractivity contribution in [2.45, 2.75) is 12.3 Å². The van der Waals surface area contributed by atoms with E-state index in [0.29, 0.717) is 0 Å². The Kier molecular flexibility index (Phi) is 8.38. The second-order valence-corrected chi connectivity index (χ2v) is 15.2. The SMILES string of the molecule is c1ccc(-c2ccc(C3N=C(c4cc(-c5ccccc5)cc(-c5cc6c7ccccc7c7ccccc7c6c6ccccc56)c4)NC(c4ccccc4)N3)cc2)cc1. The minimum Gasteiger partial charge on any atom is -0.350 e. The molecule has 1 aliphatic heterocycles. The van der Waals surface area contributed by atoms with Gasteiger partial charge in [-0.2, -0.15) is 0 Å². The summed E-state index contributed by atoms with van der Waals surface area (Å²) in [7, 11) is 0. The van der Waals surface area contributed by atoms with Gasteiger partial charge in [-0.05, 0) is 112 Å². The van der Waals surface area contributed by atoms with Crippen molar-refractivity contribution in [3.63, 3.8) is 0 Å². The van der Waals surface area contributed by atoms with Gasteiger partial charge in [0, 0.05) is 5.56 Å². The standard InChI is InChI=1S/C55H39N3/c1-4-16-36(17-5-1)38-28-30-40(31-29-38)54-56-53(39-20-8-3-9-21-39)57-55(58-54)43-33-41(37-18-6-2-7-19-37)32-42(34-43)50-35-51-46-24-11-10-22-44(46)45-23-12-14-26-48(45)52(51)49-27-15-13-25-47(49)50/h1-35,53-54,56H,(H,57,58). The third kappa shape index (κ3) is 6.01. The van der Waals surface area contributed by atoms with E-state index in [4.69, 9.17) is 4.99 Å². The Morgan fingerprint density at radius 1 is 0.328 bits per heavy atom. The summed E-state index contributed by atoms with van der Waals surface area (Å²) in [4.78, 5) is 5.45. The molecule has 10 aromatic rings. The van der Waals surface area contributed by atoms with Crippen molar-refractivity contribution in [3.8, 4) is 33.4 Å². The highest BCUT2D eigenvalue weighted by Crippen LogP contribution is 2.43. The van der Waals surface area contributed by atoms with Crippen LogP contribution in [0.1, 0.15) is 29.0 Å². The summed E-state index contributed by atoms with van der Waals surface area (Å²) in [5.41, 5.74) is 10.3. The Bertz CT molecular complexity index is 3150. The molecule has 274 valence electrons. The first kappa shape index (κ1) is 34.0. The first-order chi connectivity index (χ1) is 28.7. The number of nitrogens with zero attached hydrogens (tertiary/aromatic N) is 1. The summed E-state index contributed by atoms with van der Waals surface area (Å²) < 4.78 is 0. The predicted octanol–water partition coefficient (Wildman–Crippen LogP) is 13.6. The van der Waals surface area contributed by atoms with Crippen molar-refractivity contribution >= 4 is 48.9 Å². The molecule has 2 N–H and O–H groups in total. The van der Waals surface area contributed by atoms with Gasteiger partial charge in [0.25, 0.3) is 0 Å². The molecule has 10 aromatic carbocycles. The van der Waals surface area contributed by atoms with Gasteiger partial charge < -0.3 is 5.32 Å². The Balaban J connectivity index is 1.13. The number of aliphatic imine (C=N–C) groups is 1. The molecule has 0 saturated heterocycles. The molecule has 11 rings (SSSR count). The van der Waals surface area contributed by atoms with E-state index in [1.807, 2.05) is 0 Å². The summed E-state index contributed by atoms with van der Waals surface area (Å²) in [5.74, 6) is 0.852. The van der Waals surface area contributed by atoms with Gasteiger partial charge in [-0.3, -0.25) is 5.32 Å². The molecule has 58 heavy (non-hydrogen) atoms. The molecule has 1 heterocycles. The number of benzene rings is 10. The molecule has 0 saturated carbocycles. The highest BCUT2D eigenvalue weighted by molar-refractivity contribution is 6.33. The lowest BCUT2D eigenvalue weighted by atomic mass is 9.86. The van der Waals surface area contributed by atoms with E-state index in [1.54, 1.807) is 0 Å². The lowest BCUT2D eigenvalue weighted by Crippen LogP contribution is -2.45. The largest absolute Gasteiger partial charge is 0.350 e. The summed E-state index contributed by atoms with van der Waals surface area (Å²) in [6.07, 6.45) is -0.422. The zero-order valence-corrected chi connectivity index (χ0v) is 31.8. The van der Waals surface area contributed by atoms with Crippen molar-refractivity contribution in [2.24, 2.45) is 4.99 Å². The van der Waals surface area contributed by atoms with Crippen LogP contribution in [-0.4, -0.2) is 5.84 Å². The van der Waals surface area contributed by atoms with Gasteiger partial charge in [0.2, 0.25) is 0 Å². The molecule has 2 atom stereocenters. The van der Waals surface area contributed by atoms with Crippen LogP contribution in [-0.2, 0) is 0 Å². The maximum absolute atomic E-state index is 5.45. The predicted molar refractivity (Wildman–Crippen MR) is 244 cm³/mol.